The van der Waals surface area contributed by atoms with Crippen molar-refractivity contribution in [3.05, 3.63) is 29.3 Å². The third kappa shape index (κ3) is 4.35. The third-order valence-electron chi connectivity index (χ3n) is 1.30. The fourth-order valence-corrected chi connectivity index (χ4v) is 0.635. The predicted octanol–water partition coefficient (Wildman–Crippen LogP) is 0.395. The zero-order chi connectivity index (χ0) is 8.43. The van der Waals surface area contributed by atoms with Crippen LogP contribution in [0, 0.1) is 19.1 Å². The van der Waals surface area contributed by atoms with Crippen LogP contribution in [0.25, 0.3) is 0 Å². The van der Waals surface area contributed by atoms with Gasteiger partial charge in [-0.05, 0) is 0 Å². The maximum Gasteiger partial charge on any atom is 0.0712 e. The summed E-state index contributed by atoms with van der Waals surface area (Å²) in [6.07, 6.45) is 0. The Morgan fingerprint density at radius 2 is 2.15 bits per heavy atom. The van der Waals surface area contributed by atoms with E-state index >= 15 is 0 Å². The van der Waals surface area contributed by atoms with Crippen LogP contribution in [0.4, 0.5) is 0 Å². The number of aryl methyl sites for hydroxylation is 1. The van der Waals surface area contributed by atoms with Crippen LogP contribution >= 0.6 is 0 Å². The van der Waals surface area contributed by atoms with Crippen LogP contribution in [0.5, 0.6) is 5.75 Å². The molecule has 3 N–H and O–H groups in total. The molecular weight excluding hydrogens is 415 g/mol. The van der Waals surface area contributed by atoms with Crippen molar-refractivity contribution in [1.82, 2.24) is 0 Å². The second-order valence-corrected chi connectivity index (χ2v) is 2.18. The zero-order valence-electron chi connectivity index (χ0n) is 7.00. The van der Waals surface area contributed by atoms with Gasteiger partial charge in [0.05, 0.1) is 5.91 Å². The molecule has 0 aromatic heterocycles. The first-order chi connectivity index (χ1) is 5.11. The van der Waals surface area contributed by atoms with Crippen LogP contribution in [0.2, 0.25) is 0 Å². The first kappa shape index (κ1) is 15.7. The summed E-state index contributed by atoms with van der Waals surface area (Å²) in [6, 6.07) is 6.48. The topological polar surface area (TPSA) is 63.3 Å². The molecule has 0 aliphatic carbocycles. The number of phenols is 1. The van der Waals surface area contributed by atoms with Crippen molar-refractivity contribution < 1.29 is 63.7 Å². The summed E-state index contributed by atoms with van der Waals surface area (Å²) in [5.74, 6) is -0.696. The molecule has 1 radical (unpaired) electrons. The standard InChI is InChI=1S/C8H7NO2.W.Y/c1-5-2-3-6(8(9)11)4-7(5)10;;/h2,10H,1H3,(H2,9,11);;/q-2;;. The van der Waals surface area contributed by atoms with Gasteiger partial charge in [0.2, 0.25) is 0 Å². The van der Waals surface area contributed by atoms with Gasteiger partial charge in [-0.2, -0.15) is 5.56 Å². The average Bonchev–Trinajstić information content (AvgIpc) is 1.94. The van der Waals surface area contributed by atoms with Gasteiger partial charge in [0.15, 0.2) is 0 Å². The summed E-state index contributed by atoms with van der Waals surface area (Å²) in [5, 5.41) is 9.07. The summed E-state index contributed by atoms with van der Waals surface area (Å²) in [6.45, 7) is 1.69. The molecule has 0 aliphatic rings. The number of carbonyl (C=O) groups is 1. The summed E-state index contributed by atoms with van der Waals surface area (Å²) in [4.78, 5) is 10.5. The number of benzene rings is 1. The Bertz CT molecular complexity index is 304. The van der Waals surface area contributed by atoms with E-state index in [4.69, 9.17) is 10.8 Å². The fraction of sp³-hybridized carbons (Fsp3) is 0.125. The van der Waals surface area contributed by atoms with Crippen LogP contribution in [0.15, 0.2) is 6.07 Å². The molecule has 0 unspecified atom stereocenters. The number of amides is 1. The van der Waals surface area contributed by atoms with Crippen LogP contribution in [0.3, 0.4) is 0 Å². The Hall–Kier alpha value is 0.282. The van der Waals surface area contributed by atoms with Gasteiger partial charge in [0.25, 0.3) is 0 Å². The normalized spacial score (nSPS) is 8.08. The van der Waals surface area contributed by atoms with E-state index in [2.05, 4.69) is 12.1 Å². The molecule has 0 saturated heterocycles. The van der Waals surface area contributed by atoms with Gasteiger partial charge < -0.3 is 15.6 Å². The van der Waals surface area contributed by atoms with E-state index < -0.39 is 5.91 Å². The molecule has 0 aliphatic heterocycles. The Labute approximate surface area is 116 Å². The Kier molecular flexibility index (Phi) is 8.11. The van der Waals surface area contributed by atoms with Gasteiger partial charge in [-0.25, -0.2) is 17.7 Å². The maximum absolute atomic E-state index is 10.5. The molecule has 0 atom stereocenters. The number of hydrogen-bond donors (Lipinski definition) is 2. The second-order valence-electron chi connectivity index (χ2n) is 2.18. The predicted molar refractivity (Wildman–Crippen MR) is 39.0 cm³/mol. The minimum Gasteiger partial charge on any atom is -0.546 e. The van der Waals surface area contributed by atoms with Gasteiger partial charge in [0.1, 0.15) is 0 Å². The number of phenolic OH excluding ortho intramolecular Hbond substituents is 1. The number of hydrogen-bond acceptors (Lipinski definition) is 2. The quantitative estimate of drug-likeness (QED) is 0.645. The third-order valence-corrected chi connectivity index (χ3v) is 1.30. The SMILES string of the molecule is Cc1c[c-]c(C(N)=O)[c-]c1O.[W].[Y]. The molecule has 67 valence electrons. The van der Waals surface area contributed by atoms with Crippen molar-refractivity contribution in [3.8, 4) is 5.75 Å². The smallest absolute Gasteiger partial charge is 0.0712 e. The second kappa shape index (κ2) is 6.69. The fourth-order valence-electron chi connectivity index (χ4n) is 0.635. The maximum atomic E-state index is 10.5. The molecular formula is C8H7NO2WY-2. The van der Waals surface area contributed by atoms with Crippen molar-refractivity contribution in [2.75, 3.05) is 0 Å². The van der Waals surface area contributed by atoms with Gasteiger partial charge in [-0.15, -0.1) is 6.92 Å². The number of rotatable bonds is 1. The summed E-state index contributed by atoms with van der Waals surface area (Å²) >= 11 is 0. The molecule has 0 spiro atoms. The van der Waals surface area contributed by atoms with Crippen LogP contribution in [-0.2, 0) is 53.8 Å². The van der Waals surface area contributed by atoms with Crippen molar-refractivity contribution >= 4 is 5.91 Å². The molecule has 1 amide bonds. The first-order valence-corrected chi connectivity index (χ1v) is 3.04. The van der Waals surface area contributed by atoms with Crippen LogP contribution in [-0.4, -0.2) is 11.0 Å². The molecule has 0 heterocycles. The van der Waals surface area contributed by atoms with E-state index in [9.17, 15) is 4.79 Å². The number of nitrogens with two attached hydrogens (primary N) is 1. The number of aromatic hydroxyl groups is 1. The Balaban J connectivity index is 0. The van der Waals surface area contributed by atoms with Crippen molar-refractivity contribution in [1.29, 1.82) is 0 Å². The van der Waals surface area contributed by atoms with Gasteiger partial charge in [-0.3, -0.25) is 6.07 Å². The first-order valence-electron chi connectivity index (χ1n) is 3.04. The van der Waals surface area contributed by atoms with E-state index in [0.29, 0.717) is 5.56 Å². The molecule has 0 saturated carbocycles. The number of carbonyl (C=O) groups excluding carboxylic acids is 1. The van der Waals surface area contributed by atoms with Crippen molar-refractivity contribution in [2.24, 2.45) is 5.73 Å². The monoisotopic (exact) mass is 422 g/mol. The zero-order valence-corrected chi connectivity index (χ0v) is 12.8. The molecule has 5 heteroatoms. The molecule has 0 fully saturated rings. The molecule has 1 rings (SSSR count). The van der Waals surface area contributed by atoms with E-state index in [-0.39, 0.29) is 65.1 Å². The van der Waals surface area contributed by atoms with Gasteiger partial charge >= 0.3 is 0 Å². The summed E-state index contributed by atoms with van der Waals surface area (Å²) < 4.78 is 0. The van der Waals surface area contributed by atoms with E-state index in [1.165, 1.54) is 6.07 Å². The Morgan fingerprint density at radius 1 is 1.62 bits per heavy atom. The Morgan fingerprint density at radius 3 is 2.54 bits per heavy atom. The minimum absolute atomic E-state index is 0. The molecule has 1 aromatic rings. The van der Waals surface area contributed by atoms with Gasteiger partial charge in [0, 0.05) is 53.8 Å². The van der Waals surface area contributed by atoms with Crippen LogP contribution < -0.4 is 5.73 Å². The summed E-state index contributed by atoms with van der Waals surface area (Å²) in [5.41, 5.74) is 5.62. The molecule has 1 aromatic carbocycles. The van der Waals surface area contributed by atoms with E-state index in [1.54, 1.807) is 6.92 Å². The largest absolute Gasteiger partial charge is 0.546 e. The molecule has 13 heavy (non-hydrogen) atoms. The van der Waals surface area contributed by atoms with Gasteiger partial charge in [-0.1, -0.05) is 5.75 Å². The van der Waals surface area contributed by atoms with E-state index in [0.717, 1.165) is 0 Å². The molecule has 0 bridgehead atoms. The van der Waals surface area contributed by atoms with Crippen molar-refractivity contribution in [3.63, 3.8) is 0 Å². The van der Waals surface area contributed by atoms with Crippen molar-refractivity contribution in [2.45, 2.75) is 6.92 Å². The molecule has 3 nitrogen and oxygen atoms in total. The van der Waals surface area contributed by atoms with E-state index in [1.807, 2.05) is 0 Å². The average molecular weight is 422 g/mol. The van der Waals surface area contributed by atoms with Crippen LogP contribution in [0.1, 0.15) is 15.9 Å². The minimum atomic E-state index is -0.639. The number of primary amides is 1. The summed E-state index contributed by atoms with van der Waals surface area (Å²) in [7, 11) is 0.